The van der Waals surface area contributed by atoms with Crippen LogP contribution >= 0.6 is 0 Å². The first-order valence-electron chi connectivity index (χ1n) is 5.46. The standard InChI is InChI=1S/C11H16N4O2/c1-11(4-5-17-7-11)14-10(16)8-2-3-9(15-12)13-6-8/h2-3,6H,4-5,7,12H2,1H3,(H,13,15)(H,14,16). The molecule has 0 bridgehead atoms. The third kappa shape index (κ3) is 2.72. The predicted octanol–water partition coefficient (Wildman–Crippen LogP) is 0.276. The number of hydrogen-bond donors (Lipinski definition) is 3. The maximum Gasteiger partial charge on any atom is 0.253 e. The highest BCUT2D eigenvalue weighted by Crippen LogP contribution is 2.18. The van der Waals surface area contributed by atoms with Crippen molar-refractivity contribution in [1.29, 1.82) is 0 Å². The third-order valence-electron chi connectivity index (χ3n) is 2.81. The zero-order valence-electron chi connectivity index (χ0n) is 9.69. The molecule has 6 heteroatoms. The number of nitrogens with two attached hydrogens (primary N) is 1. The van der Waals surface area contributed by atoms with Crippen LogP contribution in [-0.4, -0.2) is 29.6 Å². The number of pyridine rings is 1. The summed E-state index contributed by atoms with van der Waals surface area (Å²) in [7, 11) is 0. The Morgan fingerprint density at radius 1 is 1.59 bits per heavy atom. The summed E-state index contributed by atoms with van der Waals surface area (Å²) in [6.07, 6.45) is 2.32. The van der Waals surface area contributed by atoms with Crippen molar-refractivity contribution in [1.82, 2.24) is 10.3 Å². The number of nitrogens with zero attached hydrogens (tertiary/aromatic N) is 1. The molecular weight excluding hydrogens is 220 g/mol. The normalized spacial score (nSPS) is 23.4. The van der Waals surface area contributed by atoms with Crippen LogP contribution in [0.1, 0.15) is 23.7 Å². The Morgan fingerprint density at radius 2 is 2.41 bits per heavy atom. The van der Waals surface area contributed by atoms with Crippen LogP contribution in [0.25, 0.3) is 0 Å². The molecule has 1 aromatic rings. The number of anilines is 1. The number of carbonyl (C=O) groups excluding carboxylic acids is 1. The molecule has 0 aromatic carbocycles. The van der Waals surface area contributed by atoms with Crippen molar-refractivity contribution in [2.24, 2.45) is 5.84 Å². The van der Waals surface area contributed by atoms with Crippen molar-refractivity contribution in [3.05, 3.63) is 23.9 Å². The molecule has 0 aliphatic carbocycles. The summed E-state index contributed by atoms with van der Waals surface area (Å²) < 4.78 is 5.28. The number of aromatic nitrogens is 1. The Bertz CT molecular complexity index is 398. The molecule has 1 amide bonds. The van der Waals surface area contributed by atoms with Crippen LogP contribution in [0.15, 0.2) is 18.3 Å². The molecule has 0 spiro atoms. The fourth-order valence-corrected chi connectivity index (χ4v) is 1.73. The van der Waals surface area contributed by atoms with Crippen molar-refractivity contribution in [3.8, 4) is 0 Å². The highest BCUT2D eigenvalue weighted by Gasteiger charge is 2.31. The van der Waals surface area contributed by atoms with Gasteiger partial charge in [0.05, 0.1) is 17.7 Å². The van der Waals surface area contributed by atoms with E-state index in [4.69, 9.17) is 10.6 Å². The Kier molecular flexibility index (Phi) is 3.26. The van der Waals surface area contributed by atoms with Crippen LogP contribution in [0.5, 0.6) is 0 Å². The lowest BCUT2D eigenvalue weighted by Crippen LogP contribution is -2.46. The minimum Gasteiger partial charge on any atom is -0.379 e. The molecule has 1 fully saturated rings. The van der Waals surface area contributed by atoms with Gasteiger partial charge in [0, 0.05) is 12.8 Å². The summed E-state index contributed by atoms with van der Waals surface area (Å²) in [5.74, 6) is 5.58. The van der Waals surface area contributed by atoms with Crippen LogP contribution in [0.2, 0.25) is 0 Å². The number of hydrazine groups is 1. The molecule has 1 unspecified atom stereocenters. The zero-order valence-corrected chi connectivity index (χ0v) is 9.69. The average Bonchev–Trinajstić information content (AvgIpc) is 2.76. The summed E-state index contributed by atoms with van der Waals surface area (Å²) in [5.41, 5.74) is 2.65. The van der Waals surface area contributed by atoms with Crippen molar-refractivity contribution in [3.63, 3.8) is 0 Å². The molecule has 1 aliphatic rings. The molecule has 17 heavy (non-hydrogen) atoms. The van der Waals surface area contributed by atoms with Crippen LogP contribution < -0.4 is 16.6 Å². The van der Waals surface area contributed by atoms with Gasteiger partial charge < -0.3 is 15.5 Å². The summed E-state index contributed by atoms with van der Waals surface area (Å²) in [6, 6.07) is 3.33. The van der Waals surface area contributed by atoms with Gasteiger partial charge in [0.25, 0.3) is 5.91 Å². The summed E-state index contributed by atoms with van der Waals surface area (Å²) in [4.78, 5) is 15.9. The zero-order chi connectivity index (χ0) is 12.3. The van der Waals surface area contributed by atoms with E-state index in [1.54, 1.807) is 12.1 Å². The van der Waals surface area contributed by atoms with Crippen molar-refractivity contribution in [2.75, 3.05) is 18.6 Å². The smallest absolute Gasteiger partial charge is 0.253 e. The number of nitrogens with one attached hydrogen (secondary N) is 2. The van der Waals surface area contributed by atoms with Crippen molar-refractivity contribution >= 4 is 11.7 Å². The first-order chi connectivity index (χ1) is 8.13. The quantitative estimate of drug-likeness (QED) is 0.518. The van der Waals surface area contributed by atoms with E-state index in [0.717, 1.165) is 6.42 Å². The number of ether oxygens (including phenoxy) is 1. The van der Waals surface area contributed by atoms with Gasteiger partial charge in [0.1, 0.15) is 5.82 Å². The van der Waals surface area contributed by atoms with E-state index in [9.17, 15) is 4.79 Å². The molecule has 1 saturated heterocycles. The third-order valence-corrected chi connectivity index (χ3v) is 2.81. The fraction of sp³-hybridized carbons (Fsp3) is 0.455. The van der Waals surface area contributed by atoms with E-state index >= 15 is 0 Å². The average molecular weight is 236 g/mol. The summed E-state index contributed by atoms with van der Waals surface area (Å²) in [5, 5.41) is 2.95. The molecule has 2 rings (SSSR count). The topological polar surface area (TPSA) is 89.3 Å². The van der Waals surface area contributed by atoms with Crippen LogP contribution in [-0.2, 0) is 4.74 Å². The Morgan fingerprint density at radius 3 is 2.94 bits per heavy atom. The molecule has 4 N–H and O–H groups in total. The molecule has 1 aliphatic heterocycles. The van der Waals surface area contributed by atoms with E-state index in [-0.39, 0.29) is 11.4 Å². The fourth-order valence-electron chi connectivity index (χ4n) is 1.73. The molecule has 0 radical (unpaired) electrons. The Balaban J connectivity index is 2.03. The van der Waals surface area contributed by atoms with Gasteiger partial charge in [-0.05, 0) is 25.5 Å². The van der Waals surface area contributed by atoms with Crippen molar-refractivity contribution in [2.45, 2.75) is 18.9 Å². The summed E-state index contributed by atoms with van der Waals surface area (Å²) >= 11 is 0. The Hall–Kier alpha value is -1.66. The molecular formula is C11H16N4O2. The lowest BCUT2D eigenvalue weighted by molar-refractivity contribution is 0.0889. The van der Waals surface area contributed by atoms with Gasteiger partial charge in [-0.3, -0.25) is 4.79 Å². The molecule has 1 atom stereocenters. The van der Waals surface area contributed by atoms with Crippen LogP contribution in [0.3, 0.4) is 0 Å². The molecule has 2 heterocycles. The molecule has 6 nitrogen and oxygen atoms in total. The lowest BCUT2D eigenvalue weighted by atomic mass is 10.0. The van der Waals surface area contributed by atoms with Gasteiger partial charge >= 0.3 is 0 Å². The van der Waals surface area contributed by atoms with E-state index in [2.05, 4.69) is 15.7 Å². The minimum atomic E-state index is -0.276. The van der Waals surface area contributed by atoms with E-state index in [0.29, 0.717) is 24.6 Å². The minimum absolute atomic E-state index is 0.144. The second kappa shape index (κ2) is 4.68. The Labute approximate surface area is 99.5 Å². The largest absolute Gasteiger partial charge is 0.379 e. The summed E-state index contributed by atoms with van der Waals surface area (Å²) in [6.45, 7) is 3.21. The molecule has 0 saturated carbocycles. The first-order valence-corrected chi connectivity index (χ1v) is 5.46. The molecule has 92 valence electrons. The van der Waals surface area contributed by atoms with Crippen LogP contribution in [0, 0.1) is 0 Å². The van der Waals surface area contributed by atoms with Crippen LogP contribution in [0.4, 0.5) is 5.82 Å². The van der Waals surface area contributed by atoms with Crippen molar-refractivity contribution < 1.29 is 9.53 Å². The highest BCUT2D eigenvalue weighted by atomic mass is 16.5. The lowest BCUT2D eigenvalue weighted by Gasteiger charge is -2.23. The second-order valence-electron chi connectivity index (χ2n) is 4.39. The van der Waals surface area contributed by atoms with E-state index in [1.807, 2.05) is 6.92 Å². The highest BCUT2D eigenvalue weighted by molar-refractivity contribution is 5.94. The van der Waals surface area contributed by atoms with Gasteiger partial charge in [-0.1, -0.05) is 0 Å². The maximum atomic E-state index is 11.9. The van der Waals surface area contributed by atoms with Gasteiger partial charge in [-0.15, -0.1) is 0 Å². The first kappa shape index (κ1) is 11.8. The maximum absolute atomic E-state index is 11.9. The van der Waals surface area contributed by atoms with Gasteiger partial charge in [0.15, 0.2) is 0 Å². The molecule has 1 aromatic heterocycles. The monoisotopic (exact) mass is 236 g/mol. The SMILES string of the molecule is CC1(NC(=O)c2ccc(NN)nc2)CCOC1. The van der Waals surface area contributed by atoms with Gasteiger partial charge in [0.2, 0.25) is 0 Å². The number of amides is 1. The number of nitrogen functional groups attached to an aromatic ring is 1. The van der Waals surface area contributed by atoms with E-state index in [1.165, 1.54) is 6.20 Å². The number of rotatable bonds is 3. The number of carbonyl (C=O) groups is 1. The number of hydrogen-bond acceptors (Lipinski definition) is 5. The van der Waals surface area contributed by atoms with Gasteiger partial charge in [-0.25, -0.2) is 10.8 Å². The van der Waals surface area contributed by atoms with E-state index < -0.39 is 0 Å². The second-order valence-corrected chi connectivity index (χ2v) is 4.39. The predicted molar refractivity (Wildman–Crippen MR) is 63.4 cm³/mol. The van der Waals surface area contributed by atoms with Gasteiger partial charge in [-0.2, -0.15) is 0 Å².